The van der Waals surface area contributed by atoms with Crippen LogP contribution in [0.5, 0.6) is 0 Å². The van der Waals surface area contributed by atoms with Gasteiger partial charge in [0, 0.05) is 17.7 Å². The van der Waals surface area contributed by atoms with E-state index < -0.39 is 0 Å². The molecular formula is C13H12ClN3OS. The monoisotopic (exact) mass is 293 g/mol. The molecule has 1 amide bonds. The molecule has 0 saturated carbocycles. The lowest BCUT2D eigenvalue weighted by Crippen LogP contribution is -2.07. The Balaban J connectivity index is 1.97. The number of halogens is 1. The number of hydrogen-bond donors (Lipinski definition) is 1. The third-order valence-corrected chi connectivity index (χ3v) is 3.62. The molecule has 0 aliphatic rings. The van der Waals surface area contributed by atoms with Gasteiger partial charge in [-0.05, 0) is 23.8 Å². The Morgan fingerprint density at radius 2 is 2.05 bits per heavy atom. The van der Waals surface area contributed by atoms with Crippen molar-refractivity contribution in [1.82, 2.24) is 10.2 Å². The molecule has 6 heteroatoms. The van der Waals surface area contributed by atoms with Crippen molar-refractivity contribution in [2.45, 2.75) is 17.7 Å². The Morgan fingerprint density at radius 3 is 2.68 bits per heavy atom. The first kappa shape index (κ1) is 13.8. The van der Waals surface area contributed by atoms with Gasteiger partial charge < -0.3 is 5.32 Å². The molecule has 0 aliphatic heterocycles. The SMILES string of the molecule is CC(=O)Nc1ccc(SCc2ccccc2Cl)nn1. The molecule has 2 rings (SSSR count). The minimum absolute atomic E-state index is 0.161. The molecule has 1 N–H and O–H groups in total. The first-order valence-corrected chi connectivity index (χ1v) is 6.99. The molecule has 4 nitrogen and oxygen atoms in total. The largest absolute Gasteiger partial charge is 0.309 e. The molecule has 0 unspecified atom stereocenters. The molecule has 1 aromatic carbocycles. The van der Waals surface area contributed by atoms with E-state index in [0.717, 1.165) is 21.4 Å². The number of carbonyl (C=O) groups excluding carboxylic acids is 1. The Hall–Kier alpha value is -1.59. The van der Waals surface area contributed by atoms with Crippen LogP contribution in [0, 0.1) is 0 Å². The molecule has 0 bridgehead atoms. The van der Waals surface area contributed by atoms with Crippen LogP contribution < -0.4 is 5.32 Å². The number of anilines is 1. The van der Waals surface area contributed by atoms with Gasteiger partial charge in [0.05, 0.1) is 0 Å². The van der Waals surface area contributed by atoms with Crippen molar-refractivity contribution in [3.63, 3.8) is 0 Å². The molecule has 0 spiro atoms. The lowest BCUT2D eigenvalue weighted by atomic mass is 10.2. The molecule has 0 aliphatic carbocycles. The zero-order valence-electron chi connectivity index (χ0n) is 10.3. The van der Waals surface area contributed by atoms with Gasteiger partial charge in [-0.1, -0.05) is 41.6 Å². The summed E-state index contributed by atoms with van der Waals surface area (Å²) >= 11 is 7.62. The van der Waals surface area contributed by atoms with Crippen LogP contribution in [0.15, 0.2) is 41.4 Å². The zero-order valence-corrected chi connectivity index (χ0v) is 11.8. The van der Waals surface area contributed by atoms with Crippen LogP contribution in [0.25, 0.3) is 0 Å². The number of thioether (sulfide) groups is 1. The minimum Gasteiger partial charge on any atom is -0.309 e. The maximum atomic E-state index is 10.8. The lowest BCUT2D eigenvalue weighted by molar-refractivity contribution is -0.114. The van der Waals surface area contributed by atoms with Crippen LogP contribution in [-0.2, 0) is 10.5 Å². The van der Waals surface area contributed by atoms with Crippen molar-refractivity contribution in [3.8, 4) is 0 Å². The zero-order chi connectivity index (χ0) is 13.7. The smallest absolute Gasteiger partial charge is 0.222 e. The highest BCUT2D eigenvalue weighted by molar-refractivity contribution is 7.98. The average Bonchev–Trinajstić information content (AvgIpc) is 2.39. The van der Waals surface area contributed by atoms with Crippen LogP contribution in [0.2, 0.25) is 5.02 Å². The van der Waals surface area contributed by atoms with E-state index in [-0.39, 0.29) is 5.91 Å². The summed E-state index contributed by atoms with van der Waals surface area (Å²) in [7, 11) is 0. The average molecular weight is 294 g/mol. The fourth-order valence-corrected chi connectivity index (χ4v) is 2.51. The van der Waals surface area contributed by atoms with Crippen LogP contribution >= 0.6 is 23.4 Å². The van der Waals surface area contributed by atoms with E-state index in [1.165, 1.54) is 6.92 Å². The molecule has 2 aromatic rings. The minimum atomic E-state index is -0.161. The van der Waals surface area contributed by atoms with Crippen LogP contribution in [-0.4, -0.2) is 16.1 Å². The molecule has 1 aromatic heterocycles. The number of rotatable bonds is 4. The van der Waals surface area contributed by atoms with Crippen molar-refractivity contribution < 1.29 is 4.79 Å². The Morgan fingerprint density at radius 1 is 1.26 bits per heavy atom. The predicted molar refractivity (Wildman–Crippen MR) is 77.3 cm³/mol. The number of carbonyl (C=O) groups is 1. The van der Waals surface area contributed by atoms with Gasteiger partial charge in [0.25, 0.3) is 0 Å². The second-order valence-corrected chi connectivity index (χ2v) is 5.22. The maximum absolute atomic E-state index is 10.8. The molecule has 1 heterocycles. The first-order valence-electron chi connectivity index (χ1n) is 5.62. The molecule has 0 radical (unpaired) electrons. The second kappa shape index (κ2) is 6.54. The third kappa shape index (κ3) is 4.22. The molecule has 0 saturated heterocycles. The van der Waals surface area contributed by atoms with Crippen molar-refractivity contribution in [2.75, 3.05) is 5.32 Å². The van der Waals surface area contributed by atoms with Gasteiger partial charge >= 0.3 is 0 Å². The standard InChI is InChI=1S/C13H12ClN3OS/c1-9(18)15-12-6-7-13(17-16-12)19-8-10-4-2-3-5-11(10)14/h2-7H,8H2,1H3,(H,15,16,18). The summed E-state index contributed by atoms with van der Waals surface area (Å²) in [6.45, 7) is 1.43. The molecule has 98 valence electrons. The molecule has 0 fully saturated rings. The lowest BCUT2D eigenvalue weighted by Gasteiger charge is -2.04. The van der Waals surface area contributed by atoms with Gasteiger partial charge in [0.2, 0.25) is 5.91 Å². The first-order chi connectivity index (χ1) is 9.15. The highest BCUT2D eigenvalue weighted by Crippen LogP contribution is 2.25. The summed E-state index contributed by atoms with van der Waals surface area (Å²) in [5.74, 6) is 1.02. The van der Waals surface area contributed by atoms with Gasteiger partial charge in [-0.25, -0.2) is 0 Å². The molecule has 19 heavy (non-hydrogen) atoms. The van der Waals surface area contributed by atoms with E-state index >= 15 is 0 Å². The number of hydrogen-bond acceptors (Lipinski definition) is 4. The summed E-state index contributed by atoms with van der Waals surface area (Å²) < 4.78 is 0. The van der Waals surface area contributed by atoms with E-state index in [2.05, 4.69) is 15.5 Å². The molecule has 0 atom stereocenters. The van der Waals surface area contributed by atoms with Crippen LogP contribution in [0.3, 0.4) is 0 Å². The highest BCUT2D eigenvalue weighted by atomic mass is 35.5. The quantitative estimate of drug-likeness (QED) is 0.878. The van der Waals surface area contributed by atoms with Gasteiger partial charge in [0.1, 0.15) is 5.03 Å². The van der Waals surface area contributed by atoms with Crippen molar-refractivity contribution >= 4 is 35.1 Å². The van der Waals surface area contributed by atoms with E-state index in [4.69, 9.17) is 11.6 Å². The number of aromatic nitrogens is 2. The van der Waals surface area contributed by atoms with Crippen LogP contribution in [0.1, 0.15) is 12.5 Å². The van der Waals surface area contributed by atoms with Gasteiger partial charge in [-0.2, -0.15) is 0 Å². The number of nitrogens with zero attached hydrogens (tertiary/aromatic N) is 2. The van der Waals surface area contributed by atoms with Crippen molar-refractivity contribution in [1.29, 1.82) is 0 Å². The topological polar surface area (TPSA) is 54.9 Å². The van der Waals surface area contributed by atoms with E-state index in [1.54, 1.807) is 17.8 Å². The fourth-order valence-electron chi connectivity index (χ4n) is 1.41. The number of benzene rings is 1. The van der Waals surface area contributed by atoms with Crippen molar-refractivity contribution in [2.24, 2.45) is 0 Å². The van der Waals surface area contributed by atoms with E-state index in [9.17, 15) is 4.79 Å². The summed E-state index contributed by atoms with van der Waals surface area (Å²) in [5.41, 5.74) is 1.06. The summed E-state index contributed by atoms with van der Waals surface area (Å²) in [6.07, 6.45) is 0. The Kier molecular flexibility index (Phi) is 4.76. The highest BCUT2D eigenvalue weighted by Gasteiger charge is 2.03. The van der Waals surface area contributed by atoms with Crippen molar-refractivity contribution in [3.05, 3.63) is 47.0 Å². The third-order valence-electron chi connectivity index (χ3n) is 2.28. The normalized spacial score (nSPS) is 10.2. The number of amides is 1. The Labute approximate surface area is 120 Å². The van der Waals surface area contributed by atoms with E-state index in [1.807, 2.05) is 30.3 Å². The summed E-state index contributed by atoms with van der Waals surface area (Å²) in [6, 6.07) is 11.2. The van der Waals surface area contributed by atoms with Gasteiger partial charge in [0.15, 0.2) is 5.82 Å². The van der Waals surface area contributed by atoms with Gasteiger partial charge in [-0.3, -0.25) is 4.79 Å². The number of nitrogens with one attached hydrogen (secondary N) is 1. The predicted octanol–water partition coefficient (Wildman–Crippen LogP) is 3.38. The second-order valence-electron chi connectivity index (χ2n) is 3.82. The maximum Gasteiger partial charge on any atom is 0.222 e. The summed E-state index contributed by atoms with van der Waals surface area (Å²) in [4.78, 5) is 10.8. The Bertz CT molecular complexity index is 574. The summed E-state index contributed by atoms with van der Waals surface area (Å²) in [5, 5.41) is 12.1. The fraction of sp³-hybridized carbons (Fsp3) is 0.154. The van der Waals surface area contributed by atoms with Gasteiger partial charge in [-0.15, -0.1) is 10.2 Å². The van der Waals surface area contributed by atoms with E-state index in [0.29, 0.717) is 5.82 Å². The molecular weight excluding hydrogens is 282 g/mol. The van der Waals surface area contributed by atoms with Crippen LogP contribution in [0.4, 0.5) is 5.82 Å².